The molecule has 1 aliphatic rings. The fraction of sp³-hybridized carbons (Fsp3) is 0.378. The van der Waals surface area contributed by atoms with Crippen molar-refractivity contribution in [1.82, 2.24) is 25.5 Å². The molecule has 0 saturated heterocycles. The summed E-state index contributed by atoms with van der Waals surface area (Å²) < 4.78 is 5.35. The smallest absolute Gasteiger partial charge is 0.407 e. The average molecular weight is 666 g/mol. The standard InChI is InChI=1S/C37H43N7O5/c1-21-15-31-32(41-20-40-31)18-28(21)24-9-5-22(6-10-24)16-29(38)35(47)44(26-13-14-27-30(17-26)42-43-33(27)45)34(46)25-11-7-23(8-12-25)19-39-36(48)49-37(2,3)4/h5-6,9-10,13-15,17-18,20,23,25,29H,7-8,11-12,16,19,38H2,1-4H3,(H,39,48)(H,40,41)(H2,42,43,45)/t23?,25?,29-/m0/s1. The summed E-state index contributed by atoms with van der Waals surface area (Å²) in [6, 6.07) is 15.9. The topological polar surface area (TPSA) is 179 Å². The van der Waals surface area contributed by atoms with E-state index < -0.39 is 29.6 Å². The number of nitrogens with one attached hydrogen (secondary N) is 4. The van der Waals surface area contributed by atoms with E-state index in [9.17, 15) is 19.2 Å². The number of imidazole rings is 1. The fourth-order valence-corrected chi connectivity index (χ4v) is 6.59. The number of aromatic amines is 3. The second-order valence-electron chi connectivity index (χ2n) is 14.0. The largest absolute Gasteiger partial charge is 0.444 e. The van der Waals surface area contributed by atoms with E-state index in [0.717, 1.165) is 33.3 Å². The quantitative estimate of drug-likeness (QED) is 0.146. The number of nitrogens with two attached hydrogens (primary N) is 1. The first-order chi connectivity index (χ1) is 23.4. The highest BCUT2D eigenvalue weighted by molar-refractivity contribution is 6.17. The minimum Gasteiger partial charge on any atom is -0.444 e. The lowest BCUT2D eigenvalue weighted by molar-refractivity contribution is -0.130. The van der Waals surface area contributed by atoms with Crippen molar-refractivity contribution in [2.75, 3.05) is 11.4 Å². The molecule has 0 aliphatic heterocycles. The van der Waals surface area contributed by atoms with Gasteiger partial charge in [-0.05, 0) is 118 Å². The number of ether oxygens (including phenoxy) is 1. The number of alkyl carbamates (subject to hydrolysis) is 1. The van der Waals surface area contributed by atoms with Crippen LogP contribution in [0.2, 0.25) is 0 Å². The maximum atomic E-state index is 14.1. The Balaban J connectivity index is 1.17. The molecule has 6 rings (SSSR count). The Labute approximate surface area is 283 Å². The van der Waals surface area contributed by atoms with Crippen LogP contribution in [0, 0.1) is 18.8 Å². The maximum Gasteiger partial charge on any atom is 0.407 e. The van der Waals surface area contributed by atoms with Gasteiger partial charge in [-0.25, -0.2) is 14.7 Å². The third-order valence-corrected chi connectivity index (χ3v) is 9.19. The Morgan fingerprint density at radius 2 is 1.73 bits per heavy atom. The molecule has 6 N–H and O–H groups in total. The van der Waals surface area contributed by atoms with E-state index >= 15 is 0 Å². The average Bonchev–Trinajstić information content (AvgIpc) is 3.68. The van der Waals surface area contributed by atoms with Crippen LogP contribution in [-0.4, -0.2) is 56.3 Å². The van der Waals surface area contributed by atoms with Crippen molar-refractivity contribution in [3.05, 3.63) is 82.4 Å². The van der Waals surface area contributed by atoms with Crippen LogP contribution in [0.4, 0.5) is 10.5 Å². The Hall–Kier alpha value is -5.23. The second-order valence-corrected chi connectivity index (χ2v) is 14.0. The molecule has 12 nitrogen and oxygen atoms in total. The van der Waals surface area contributed by atoms with Crippen LogP contribution in [-0.2, 0) is 20.7 Å². The summed E-state index contributed by atoms with van der Waals surface area (Å²) in [4.78, 5) is 61.3. The Kier molecular flexibility index (Phi) is 9.42. The molecule has 3 amide bonds. The summed E-state index contributed by atoms with van der Waals surface area (Å²) in [5, 5.41) is 8.62. The van der Waals surface area contributed by atoms with Crippen LogP contribution in [0.15, 0.2) is 65.7 Å². The van der Waals surface area contributed by atoms with E-state index in [2.05, 4.69) is 44.5 Å². The highest BCUT2D eigenvalue weighted by atomic mass is 16.6. The summed E-state index contributed by atoms with van der Waals surface area (Å²) in [7, 11) is 0. The number of benzene rings is 3. The van der Waals surface area contributed by atoms with E-state index in [1.807, 2.05) is 45.0 Å². The molecule has 49 heavy (non-hydrogen) atoms. The zero-order valence-electron chi connectivity index (χ0n) is 28.3. The number of hydrogen-bond donors (Lipinski definition) is 5. The number of aromatic nitrogens is 4. The highest BCUT2D eigenvalue weighted by Crippen LogP contribution is 2.33. The lowest BCUT2D eigenvalue weighted by atomic mass is 9.81. The molecule has 12 heteroatoms. The fourth-order valence-electron chi connectivity index (χ4n) is 6.59. The Bertz CT molecular complexity index is 2050. The van der Waals surface area contributed by atoms with E-state index in [4.69, 9.17) is 10.5 Å². The monoisotopic (exact) mass is 665 g/mol. The van der Waals surface area contributed by atoms with Gasteiger partial charge < -0.3 is 20.8 Å². The number of carbonyl (C=O) groups excluding carboxylic acids is 3. The van der Waals surface area contributed by atoms with Crippen LogP contribution >= 0.6 is 0 Å². The first kappa shape index (κ1) is 33.7. The predicted octanol–water partition coefficient (Wildman–Crippen LogP) is 5.47. The molecular weight excluding hydrogens is 622 g/mol. The van der Waals surface area contributed by atoms with E-state index in [1.54, 1.807) is 24.5 Å². The minimum absolute atomic E-state index is 0.192. The number of anilines is 1. The van der Waals surface area contributed by atoms with Crippen LogP contribution in [0.25, 0.3) is 33.1 Å². The van der Waals surface area contributed by atoms with Gasteiger partial charge in [0.25, 0.3) is 11.5 Å². The number of hydrogen-bond acceptors (Lipinski definition) is 7. The normalized spacial score (nSPS) is 17.2. The van der Waals surface area contributed by atoms with Crippen molar-refractivity contribution >= 4 is 45.5 Å². The van der Waals surface area contributed by atoms with Crippen molar-refractivity contribution in [2.45, 2.75) is 71.4 Å². The molecule has 1 atom stereocenters. The lowest BCUT2D eigenvalue weighted by Crippen LogP contribution is -2.50. The molecule has 5 aromatic rings. The van der Waals surface area contributed by atoms with Crippen LogP contribution in [0.5, 0.6) is 0 Å². The van der Waals surface area contributed by atoms with Crippen LogP contribution in [0.1, 0.15) is 57.6 Å². The molecule has 1 saturated carbocycles. The second kappa shape index (κ2) is 13.7. The summed E-state index contributed by atoms with van der Waals surface area (Å²) in [6.45, 7) is 7.95. The molecule has 2 aromatic heterocycles. The lowest BCUT2D eigenvalue weighted by Gasteiger charge is -2.32. The Morgan fingerprint density at radius 3 is 2.45 bits per heavy atom. The van der Waals surface area contributed by atoms with Crippen molar-refractivity contribution in [3.8, 4) is 11.1 Å². The van der Waals surface area contributed by atoms with Gasteiger partial charge in [-0.15, -0.1) is 0 Å². The van der Waals surface area contributed by atoms with Gasteiger partial charge in [-0.1, -0.05) is 24.3 Å². The summed E-state index contributed by atoms with van der Waals surface area (Å²) in [5.41, 5.74) is 12.4. The van der Waals surface area contributed by atoms with Gasteiger partial charge in [0.2, 0.25) is 5.91 Å². The molecule has 0 radical (unpaired) electrons. The highest BCUT2D eigenvalue weighted by Gasteiger charge is 2.35. The van der Waals surface area contributed by atoms with Crippen molar-refractivity contribution < 1.29 is 19.1 Å². The van der Waals surface area contributed by atoms with Gasteiger partial charge in [0.05, 0.1) is 40.0 Å². The third-order valence-electron chi connectivity index (χ3n) is 9.19. The number of nitrogens with zero attached hydrogens (tertiary/aromatic N) is 2. The van der Waals surface area contributed by atoms with Gasteiger partial charge >= 0.3 is 6.09 Å². The molecule has 0 spiro atoms. The van der Waals surface area contributed by atoms with E-state index in [0.29, 0.717) is 48.8 Å². The van der Waals surface area contributed by atoms with E-state index in [1.165, 1.54) is 4.90 Å². The van der Waals surface area contributed by atoms with E-state index in [-0.39, 0.29) is 23.8 Å². The molecule has 0 bridgehead atoms. The number of amides is 3. The zero-order chi connectivity index (χ0) is 34.9. The molecule has 2 heterocycles. The number of rotatable bonds is 8. The number of aryl methyl sites for hydroxylation is 1. The van der Waals surface area contributed by atoms with Crippen LogP contribution in [0.3, 0.4) is 0 Å². The summed E-state index contributed by atoms with van der Waals surface area (Å²) in [5.74, 6) is -1.04. The molecule has 3 aromatic carbocycles. The third kappa shape index (κ3) is 7.59. The SMILES string of the molecule is Cc1cc2[nH]cnc2cc1-c1ccc(C[C@H](N)C(=O)N(C(=O)C2CCC(CNC(=O)OC(C)(C)C)CC2)c2ccc3c(=O)[nH][nH]c3c2)cc1. The number of H-pyrrole nitrogens is 3. The number of imide groups is 1. The summed E-state index contributed by atoms with van der Waals surface area (Å²) >= 11 is 0. The molecule has 1 fully saturated rings. The van der Waals surface area contributed by atoms with Gasteiger partial charge in [0, 0.05) is 12.5 Å². The first-order valence-electron chi connectivity index (χ1n) is 16.7. The maximum absolute atomic E-state index is 14.1. The summed E-state index contributed by atoms with van der Waals surface area (Å²) in [6.07, 6.45) is 3.99. The van der Waals surface area contributed by atoms with Gasteiger partial charge in [0.1, 0.15) is 5.60 Å². The minimum atomic E-state index is -0.993. The van der Waals surface area contributed by atoms with Crippen LogP contribution < -0.4 is 21.5 Å². The first-order valence-corrected chi connectivity index (χ1v) is 16.7. The molecular formula is C37H43N7O5. The molecule has 256 valence electrons. The van der Waals surface area contributed by atoms with Crippen molar-refractivity contribution in [1.29, 1.82) is 0 Å². The van der Waals surface area contributed by atoms with Crippen molar-refractivity contribution in [2.24, 2.45) is 17.6 Å². The number of fused-ring (bicyclic) bond motifs is 2. The molecule has 1 aliphatic carbocycles. The Morgan fingerprint density at radius 1 is 1.00 bits per heavy atom. The van der Waals surface area contributed by atoms with Gasteiger partial charge in [0.15, 0.2) is 0 Å². The zero-order valence-corrected chi connectivity index (χ0v) is 28.3. The number of carbonyl (C=O) groups is 3. The van der Waals surface area contributed by atoms with Crippen molar-refractivity contribution in [3.63, 3.8) is 0 Å². The van der Waals surface area contributed by atoms with Gasteiger partial charge in [-0.3, -0.25) is 24.6 Å². The van der Waals surface area contributed by atoms with Gasteiger partial charge in [-0.2, -0.15) is 0 Å². The molecule has 0 unspecified atom stereocenters. The predicted molar refractivity (Wildman–Crippen MR) is 189 cm³/mol.